The number of hydrogen-bond acceptors (Lipinski definition) is 5. The second-order valence-electron chi connectivity index (χ2n) is 6.83. The summed E-state index contributed by atoms with van der Waals surface area (Å²) in [5.41, 5.74) is 0.315. The molecule has 0 spiro atoms. The summed E-state index contributed by atoms with van der Waals surface area (Å²) in [6.45, 7) is 1.74. The first-order valence-corrected chi connectivity index (χ1v) is 10.3. The minimum absolute atomic E-state index is 0.115. The third kappa shape index (κ3) is 3.51. The van der Waals surface area contributed by atoms with Crippen LogP contribution in [0, 0.1) is 6.92 Å². The number of ether oxygens (including phenoxy) is 1. The van der Waals surface area contributed by atoms with Gasteiger partial charge in [0.15, 0.2) is 0 Å². The molecule has 0 heterocycles. The van der Waals surface area contributed by atoms with E-state index in [1.807, 2.05) is 0 Å². The Hall–Kier alpha value is -2.54. The molecule has 7 heteroatoms. The maximum absolute atomic E-state index is 13.5. The Balaban J connectivity index is 2.08. The Morgan fingerprint density at radius 1 is 1.07 bits per heavy atom. The summed E-state index contributed by atoms with van der Waals surface area (Å²) in [6.07, 6.45) is 2.98. The molecular weight excluding hydrogens is 368 g/mol. The Labute approximate surface area is 158 Å². The van der Waals surface area contributed by atoms with Gasteiger partial charge in [-0.2, -0.15) is 0 Å². The number of aryl methyl sites for hydroxylation is 1. The van der Waals surface area contributed by atoms with E-state index in [9.17, 15) is 23.4 Å². The van der Waals surface area contributed by atoms with Crippen LogP contribution in [0.2, 0.25) is 0 Å². The fraction of sp³-hybridized carbons (Fsp3) is 0.350. The van der Waals surface area contributed by atoms with Crippen LogP contribution in [-0.2, 0) is 9.84 Å². The van der Waals surface area contributed by atoms with Gasteiger partial charge in [0.1, 0.15) is 17.1 Å². The van der Waals surface area contributed by atoms with E-state index in [0.29, 0.717) is 31.2 Å². The quantitative estimate of drug-likeness (QED) is 0.803. The lowest BCUT2D eigenvalue weighted by molar-refractivity contribution is 0.0691. The van der Waals surface area contributed by atoms with Crippen molar-refractivity contribution in [3.05, 3.63) is 53.6 Å². The smallest absolute Gasteiger partial charge is 0.339 e. The van der Waals surface area contributed by atoms with Crippen molar-refractivity contribution in [1.82, 2.24) is 0 Å². The van der Waals surface area contributed by atoms with E-state index in [1.54, 1.807) is 31.2 Å². The van der Waals surface area contributed by atoms with E-state index >= 15 is 0 Å². The standard InChI is InChI=1S/C20H22O6S/c1-14-7-3-4-8-18(14)27(24,25)20(11-5-2-6-12-20)26-15-9-10-17(21)16(13-15)19(22)23/h3-4,7-10,13,21H,2,5-6,11-12H2,1H3,(H,22,23). The Morgan fingerprint density at radius 2 is 1.74 bits per heavy atom. The van der Waals surface area contributed by atoms with Gasteiger partial charge in [0.25, 0.3) is 0 Å². The topological polar surface area (TPSA) is 101 Å². The maximum atomic E-state index is 13.5. The summed E-state index contributed by atoms with van der Waals surface area (Å²) in [4.78, 5) is 10.0. The predicted molar refractivity (Wildman–Crippen MR) is 99.9 cm³/mol. The summed E-state index contributed by atoms with van der Waals surface area (Å²) < 4.78 is 33.1. The average molecular weight is 390 g/mol. The minimum atomic E-state index is -3.83. The van der Waals surface area contributed by atoms with Crippen LogP contribution in [0.5, 0.6) is 11.5 Å². The molecule has 1 fully saturated rings. The van der Waals surface area contributed by atoms with E-state index in [2.05, 4.69) is 0 Å². The molecule has 6 nitrogen and oxygen atoms in total. The molecule has 0 atom stereocenters. The van der Waals surface area contributed by atoms with Gasteiger partial charge in [0, 0.05) is 12.8 Å². The molecule has 0 unspecified atom stereocenters. The van der Waals surface area contributed by atoms with E-state index in [0.717, 1.165) is 6.42 Å². The molecule has 0 bridgehead atoms. The lowest BCUT2D eigenvalue weighted by Gasteiger charge is -2.37. The van der Waals surface area contributed by atoms with E-state index < -0.39 is 26.5 Å². The fourth-order valence-electron chi connectivity index (χ4n) is 3.54. The van der Waals surface area contributed by atoms with Crippen molar-refractivity contribution in [3.63, 3.8) is 0 Å². The van der Waals surface area contributed by atoms with Gasteiger partial charge in [-0.15, -0.1) is 0 Å². The molecule has 0 amide bonds. The Kier molecular flexibility index (Phi) is 5.15. The highest BCUT2D eigenvalue weighted by atomic mass is 32.2. The maximum Gasteiger partial charge on any atom is 0.339 e. The summed E-state index contributed by atoms with van der Waals surface area (Å²) in [5.74, 6) is -1.59. The zero-order chi connectivity index (χ0) is 19.7. The molecule has 1 aliphatic carbocycles. The normalized spacial score (nSPS) is 16.6. The van der Waals surface area contributed by atoms with Gasteiger partial charge in [0.2, 0.25) is 14.8 Å². The molecule has 2 aromatic rings. The third-order valence-corrected chi connectivity index (χ3v) is 7.50. The van der Waals surface area contributed by atoms with Crippen molar-refractivity contribution < 1.29 is 28.2 Å². The molecule has 144 valence electrons. The first kappa shape index (κ1) is 19.2. The van der Waals surface area contributed by atoms with E-state index in [1.165, 1.54) is 18.2 Å². The molecule has 0 saturated heterocycles. The number of benzene rings is 2. The van der Waals surface area contributed by atoms with Crippen molar-refractivity contribution in [1.29, 1.82) is 0 Å². The molecule has 0 radical (unpaired) electrons. The number of aromatic hydroxyl groups is 1. The van der Waals surface area contributed by atoms with E-state index in [-0.39, 0.29) is 16.2 Å². The number of aromatic carboxylic acids is 1. The fourth-order valence-corrected chi connectivity index (χ4v) is 5.72. The molecule has 1 saturated carbocycles. The Morgan fingerprint density at radius 3 is 2.37 bits per heavy atom. The first-order valence-electron chi connectivity index (χ1n) is 8.82. The summed E-state index contributed by atoms with van der Waals surface area (Å²) in [5, 5.41) is 18.9. The second-order valence-corrected chi connectivity index (χ2v) is 9.02. The van der Waals surface area contributed by atoms with Crippen LogP contribution in [0.3, 0.4) is 0 Å². The van der Waals surface area contributed by atoms with Gasteiger partial charge >= 0.3 is 5.97 Å². The highest BCUT2D eigenvalue weighted by molar-refractivity contribution is 7.92. The molecule has 27 heavy (non-hydrogen) atoms. The van der Waals surface area contributed by atoms with Crippen LogP contribution in [0.1, 0.15) is 48.0 Å². The summed E-state index contributed by atoms with van der Waals surface area (Å²) in [7, 11) is -3.83. The Bertz CT molecular complexity index is 958. The van der Waals surface area contributed by atoms with Gasteiger partial charge in [-0.1, -0.05) is 24.6 Å². The largest absolute Gasteiger partial charge is 0.507 e. The number of sulfone groups is 1. The van der Waals surface area contributed by atoms with Gasteiger partial charge in [0.05, 0.1) is 4.90 Å². The molecule has 1 aliphatic rings. The molecule has 0 aromatic heterocycles. The van der Waals surface area contributed by atoms with E-state index in [4.69, 9.17) is 4.74 Å². The van der Waals surface area contributed by atoms with Crippen molar-refractivity contribution in [3.8, 4) is 11.5 Å². The second kappa shape index (κ2) is 7.23. The summed E-state index contributed by atoms with van der Waals surface area (Å²) in [6, 6.07) is 10.5. The van der Waals surface area contributed by atoms with Crippen LogP contribution in [0.25, 0.3) is 0 Å². The van der Waals surface area contributed by atoms with Crippen molar-refractivity contribution >= 4 is 15.8 Å². The summed E-state index contributed by atoms with van der Waals surface area (Å²) >= 11 is 0. The SMILES string of the molecule is Cc1ccccc1S(=O)(=O)C1(Oc2ccc(O)c(C(=O)O)c2)CCCCC1. The average Bonchev–Trinajstić information content (AvgIpc) is 2.64. The first-order chi connectivity index (χ1) is 12.8. The van der Waals surface area contributed by atoms with Crippen LogP contribution >= 0.6 is 0 Å². The van der Waals surface area contributed by atoms with Crippen molar-refractivity contribution in [2.75, 3.05) is 0 Å². The molecule has 2 aromatic carbocycles. The van der Waals surface area contributed by atoms with Gasteiger partial charge in [-0.3, -0.25) is 0 Å². The minimum Gasteiger partial charge on any atom is -0.507 e. The highest BCUT2D eigenvalue weighted by Crippen LogP contribution is 2.42. The van der Waals surface area contributed by atoms with Gasteiger partial charge in [-0.05, 0) is 49.6 Å². The predicted octanol–water partition coefficient (Wildman–Crippen LogP) is 3.91. The van der Waals surface area contributed by atoms with Crippen LogP contribution < -0.4 is 4.74 Å². The number of carboxylic acids is 1. The zero-order valence-electron chi connectivity index (χ0n) is 15.0. The molecule has 0 aliphatic heterocycles. The van der Waals surface area contributed by atoms with Crippen molar-refractivity contribution in [2.45, 2.75) is 48.9 Å². The molecular formula is C20H22O6S. The number of carboxylic acid groups (broad SMARTS) is 1. The van der Waals surface area contributed by atoms with Crippen LogP contribution in [0.15, 0.2) is 47.4 Å². The lowest BCUT2D eigenvalue weighted by atomic mass is 9.97. The monoisotopic (exact) mass is 390 g/mol. The van der Waals surface area contributed by atoms with Gasteiger partial charge in [-0.25, -0.2) is 13.2 Å². The highest BCUT2D eigenvalue weighted by Gasteiger charge is 2.48. The lowest BCUT2D eigenvalue weighted by Crippen LogP contribution is -2.46. The number of carbonyl (C=O) groups is 1. The number of hydrogen-bond donors (Lipinski definition) is 2. The number of rotatable bonds is 5. The van der Waals surface area contributed by atoms with Gasteiger partial charge < -0.3 is 14.9 Å². The van der Waals surface area contributed by atoms with Crippen LogP contribution in [-0.4, -0.2) is 29.5 Å². The van der Waals surface area contributed by atoms with Crippen molar-refractivity contribution in [2.24, 2.45) is 0 Å². The molecule has 2 N–H and O–H groups in total. The van der Waals surface area contributed by atoms with Crippen LogP contribution in [0.4, 0.5) is 0 Å². The number of phenols is 1. The zero-order valence-corrected chi connectivity index (χ0v) is 15.8. The molecule has 3 rings (SSSR count). The third-order valence-electron chi connectivity index (χ3n) is 4.99.